The molecule has 1 unspecified atom stereocenters. The van der Waals surface area contributed by atoms with Crippen LogP contribution in [0.5, 0.6) is 0 Å². The summed E-state index contributed by atoms with van der Waals surface area (Å²) in [5, 5.41) is 19.9. The van der Waals surface area contributed by atoms with Gasteiger partial charge in [0.05, 0.1) is 5.41 Å². The van der Waals surface area contributed by atoms with Crippen LogP contribution >= 0.6 is 0 Å². The zero-order chi connectivity index (χ0) is 21.3. The molecule has 0 aliphatic heterocycles. The first kappa shape index (κ1) is 22.6. The third-order valence-corrected chi connectivity index (χ3v) is 7.24. The summed E-state index contributed by atoms with van der Waals surface area (Å²) in [4.78, 5) is 34.7. The molecule has 1 fully saturated rings. The molecule has 0 aromatic heterocycles. The number of fused-ring (bicyclic) bond motifs is 1. The standard InChI is InChI=1S/C22H34O6/c1-13(10-19(25)26)6-8-16-14(2)7-9-18-21(16,4)11-17(28-15(3)24)20(27)22(18,5)12-23/h7,12-13,16-18,20,27H,6,8-11H2,1-5H3,(H,25,26)/t13?,16-,17+,18+,20+,21+,22+/m1/s1. The molecule has 2 aliphatic carbocycles. The molecule has 6 nitrogen and oxygen atoms in total. The Morgan fingerprint density at radius 2 is 2.04 bits per heavy atom. The van der Waals surface area contributed by atoms with Gasteiger partial charge in [0.2, 0.25) is 0 Å². The Labute approximate surface area is 167 Å². The van der Waals surface area contributed by atoms with Gasteiger partial charge in [0.25, 0.3) is 0 Å². The third-order valence-electron chi connectivity index (χ3n) is 7.24. The quantitative estimate of drug-likeness (QED) is 0.390. The van der Waals surface area contributed by atoms with Gasteiger partial charge in [0, 0.05) is 13.3 Å². The largest absolute Gasteiger partial charge is 0.481 e. The highest BCUT2D eigenvalue weighted by Crippen LogP contribution is 2.60. The smallest absolute Gasteiger partial charge is 0.303 e. The zero-order valence-corrected chi connectivity index (χ0v) is 17.6. The molecule has 7 atom stereocenters. The Hall–Kier alpha value is -1.69. The third kappa shape index (κ3) is 4.17. The second kappa shape index (κ2) is 8.36. The summed E-state index contributed by atoms with van der Waals surface area (Å²) in [6.45, 7) is 9.24. The highest BCUT2D eigenvalue weighted by Gasteiger charge is 2.61. The first-order valence-electron chi connectivity index (χ1n) is 10.2. The number of aliphatic hydroxyl groups is 1. The number of hydrogen-bond donors (Lipinski definition) is 2. The molecule has 2 rings (SSSR count). The molecule has 2 N–H and O–H groups in total. The molecular weight excluding hydrogens is 360 g/mol. The predicted molar refractivity (Wildman–Crippen MR) is 104 cm³/mol. The minimum Gasteiger partial charge on any atom is -0.481 e. The van der Waals surface area contributed by atoms with Crippen LogP contribution in [0.4, 0.5) is 0 Å². The van der Waals surface area contributed by atoms with Crippen LogP contribution in [0.1, 0.15) is 66.7 Å². The molecule has 0 aromatic carbocycles. The fourth-order valence-electron chi connectivity index (χ4n) is 5.76. The lowest BCUT2D eigenvalue weighted by Gasteiger charge is -2.59. The number of allylic oxidation sites excluding steroid dienone is 2. The van der Waals surface area contributed by atoms with E-state index in [4.69, 9.17) is 9.84 Å². The zero-order valence-electron chi connectivity index (χ0n) is 17.6. The molecule has 0 amide bonds. The maximum Gasteiger partial charge on any atom is 0.303 e. The van der Waals surface area contributed by atoms with E-state index in [1.807, 2.05) is 6.92 Å². The van der Waals surface area contributed by atoms with Gasteiger partial charge >= 0.3 is 11.9 Å². The number of carbonyl (C=O) groups is 3. The van der Waals surface area contributed by atoms with Gasteiger partial charge in [-0.05, 0) is 62.7 Å². The maximum atomic E-state index is 12.1. The van der Waals surface area contributed by atoms with Gasteiger partial charge in [-0.2, -0.15) is 0 Å². The number of aliphatic carboxylic acids is 1. The van der Waals surface area contributed by atoms with Crippen molar-refractivity contribution in [3.63, 3.8) is 0 Å². The number of aliphatic hydroxyl groups excluding tert-OH is 1. The number of aldehydes is 1. The van der Waals surface area contributed by atoms with E-state index in [2.05, 4.69) is 19.9 Å². The average Bonchev–Trinajstić information content (AvgIpc) is 2.57. The van der Waals surface area contributed by atoms with E-state index in [0.29, 0.717) is 12.8 Å². The molecular formula is C22H34O6. The maximum absolute atomic E-state index is 12.1. The first-order valence-corrected chi connectivity index (χ1v) is 10.2. The summed E-state index contributed by atoms with van der Waals surface area (Å²) in [5.74, 6) is -1.12. The number of rotatable bonds is 7. The molecule has 158 valence electrons. The van der Waals surface area contributed by atoms with E-state index in [0.717, 1.165) is 19.1 Å². The Morgan fingerprint density at radius 3 is 2.57 bits per heavy atom. The number of carbonyl (C=O) groups excluding carboxylic acids is 2. The van der Waals surface area contributed by atoms with Crippen LogP contribution in [0.15, 0.2) is 11.6 Å². The van der Waals surface area contributed by atoms with Crippen LogP contribution in [0, 0.1) is 28.6 Å². The van der Waals surface area contributed by atoms with Crippen LogP contribution < -0.4 is 0 Å². The Balaban J connectivity index is 2.35. The Morgan fingerprint density at radius 1 is 1.39 bits per heavy atom. The topological polar surface area (TPSA) is 101 Å². The van der Waals surface area contributed by atoms with Crippen molar-refractivity contribution >= 4 is 18.2 Å². The van der Waals surface area contributed by atoms with Crippen molar-refractivity contribution in [2.75, 3.05) is 0 Å². The van der Waals surface area contributed by atoms with E-state index in [1.54, 1.807) is 6.92 Å². The van der Waals surface area contributed by atoms with Crippen molar-refractivity contribution in [3.05, 3.63) is 11.6 Å². The highest BCUT2D eigenvalue weighted by molar-refractivity contribution is 5.67. The van der Waals surface area contributed by atoms with Crippen molar-refractivity contribution in [3.8, 4) is 0 Å². The van der Waals surface area contributed by atoms with Gasteiger partial charge in [-0.1, -0.05) is 25.5 Å². The van der Waals surface area contributed by atoms with Gasteiger partial charge in [0.1, 0.15) is 18.5 Å². The second-order valence-electron chi connectivity index (χ2n) is 9.36. The van der Waals surface area contributed by atoms with Gasteiger partial charge in [-0.15, -0.1) is 0 Å². The number of carboxylic acid groups (broad SMARTS) is 1. The summed E-state index contributed by atoms with van der Waals surface area (Å²) in [6.07, 6.45) is 4.12. The van der Waals surface area contributed by atoms with Gasteiger partial charge in [-0.3, -0.25) is 9.59 Å². The SMILES string of the molecule is CC(=O)O[C@H]1C[C@@]2(C)[C@H](CCC(C)CC(=O)O)C(C)=CC[C@@H]2[C@](C)(C=O)[C@H]1O. The predicted octanol–water partition coefficient (Wildman–Crippen LogP) is 3.37. The van der Waals surface area contributed by atoms with Gasteiger partial charge < -0.3 is 19.7 Å². The molecule has 0 radical (unpaired) electrons. The van der Waals surface area contributed by atoms with E-state index in [1.165, 1.54) is 12.5 Å². The summed E-state index contributed by atoms with van der Waals surface area (Å²) >= 11 is 0. The van der Waals surface area contributed by atoms with Gasteiger partial charge in [-0.25, -0.2) is 0 Å². The molecule has 0 bridgehead atoms. The van der Waals surface area contributed by atoms with Crippen molar-refractivity contribution < 1.29 is 29.3 Å². The molecule has 0 spiro atoms. The number of carboxylic acids is 1. The minimum absolute atomic E-state index is 0.0604. The first-order chi connectivity index (χ1) is 13.0. The summed E-state index contributed by atoms with van der Waals surface area (Å²) in [7, 11) is 0. The Kier molecular flexibility index (Phi) is 6.74. The number of ether oxygens (including phenoxy) is 1. The Bertz CT molecular complexity index is 655. The summed E-state index contributed by atoms with van der Waals surface area (Å²) in [5.41, 5.74) is -0.0982. The molecule has 0 heterocycles. The van der Waals surface area contributed by atoms with E-state index in [-0.39, 0.29) is 29.6 Å². The van der Waals surface area contributed by atoms with Crippen LogP contribution in [0.2, 0.25) is 0 Å². The van der Waals surface area contributed by atoms with Crippen molar-refractivity contribution in [1.82, 2.24) is 0 Å². The molecule has 6 heteroatoms. The minimum atomic E-state index is -1.04. The number of hydrogen-bond acceptors (Lipinski definition) is 5. The van der Waals surface area contributed by atoms with E-state index < -0.39 is 29.6 Å². The lowest BCUT2D eigenvalue weighted by Crippen LogP contribution is -2.62. The normalized spacial score (nSPS) is 38.7. The van der Waals surface area contributed by atoms with Crippen LogP contribution in [-0.4, -0.2) is 40.6 Å². The van der Waals surface area contributed by atoms with Gasteiger partial charge in [0.15, 0.2) is 0 Å². The lowest BCUT2D eigenvalue weighted by molar-refractivity contribution is -0.197. The second-order valence-corrected chi connectivity index (χ2v) is 9.36. The van der Waals surface area contributed by atoms with Crippen LogP contribution in [0.25, 0.3) is 0 Å². The van der Waals surface area contributed by atoms with E-state index in [9.17, 15) is 19.5 Å². The van der Waals surface area contributed by atoms with Crippen LogP contribution in [-0.2, 0) is 19.1 Å². The fourth-order valence-corrected chi connectivity index (χ4v) is 5.76. The molecule has 1 saturated carbocycles. The summed E-state index contributed by atoms with van der Waals surface area (Å²) < 4.78 is 5.43. The molecule has 28 heavy (non-hydrogen) atoms. The average molecular weight is 395 g/mol. The monoisotopic (exact) mass is 394 g/mol. The lowest BCUT2D eigenvalue weighted by atomic mass is 9.46. The van der Waals surface area contributed by atoms with Crippen molar-refractivity contribution in [2.45, 2.75) is 78.9 Å². The molecule has 0 saturated heterocycles. The molecule has 2 aliphatic rings. The number of esters is 1. The van der Waals surface area contributed by atoms with Crippen molar-refractivity contribution in [2.24, 2.45) is 28.6 Å². The summed E-state index contributed by atoms with van der Waals surface area (Å²) in [6, 6.07) is 0. The molecule has 0 aromatic rings. The fraction of sp³-hybridized carbons (Fsp3) is 0.773. The van der Waals surface area contributed by atoms with E-state index >= 15 is 0 Å². The highest BCUT2D eigenvalue weighted by atomic mass is 16.6. The van der Waals surface area contributed by atoms with Crippen molar-refractivity contribution in [1.29, 1.82) is 0 Å². The van der Waals surface area contributed by atoms with Crippen LogP contribution in [0.3, 0.4) is 0 Å².